The summed E-state index contributed by atoms with van der Waals surface area (Å²) in [5, 5.41) is 12.0. The van der Waals surface area contributed by atoms with Crippen molar-refractivity contribution in [3.05, 3.63) is 85.7 Å². The van der Waals surface area contributed by atoms with E-state index >= 15 is 0 Å². The fourth-order valence-corrected chi connectivity index (χ4v) is 4.99. The quantitative estimate of drug-likeness (QED) is 0.369. The van der Waals surface area contributed by atoms with Crippen LogP contribution in [0.2, 0.25) is 0 Å². The van der Waals surface area contributed by atoms with Crippen molar-refractivity contribution in [1.82, 2.24) is 0 Å². The molecule has 2 heterocycles. The van der Waals surface area contributed by atoms with Crippen LogP contribution in [-0.4, -0.2) is 17.6 Å². The molecule has 0 aliphatic rings. The van der Waals surface area contributed by atoms with Crippen molar-refractivity contribution in [2.75, 3.05) is 11.4 Å². The first-order valence-corrected chi connectivity index (χ1v) is 11.4. The molecule has 1 atom stereocenters. The summed E-state index contributed by atoms with van der Waals surface area (Å²) in [5.74, 6) is -0.381. The van der Waals surface area contributed by atoms with Crippen molar-refractivity contribution >= 4 is 34.0 Å². The van der Waals surface area contributed by atoms with Crippen LogP contribution in [0.1, 0.15) is 46.3 Å². The highest BCUT2D eigenvalue weighted by Crippen LogP contribution is 2.37. The number of thiophene rings is 1. The summed E-state index contributed by atoms with van der Waals surface area (Å²) in [4.78, 5) is 27.4. The average molecular weight is 448 g/mol. The van der Waals surface area contributed by atoms with Crippen molar-refractivity contribution in [3.8, 4) is 11.3 Å². The summed E-state index contributed by atoms with van der Waals surface area (Å²) >= 11 is 1.21. The fourth-order valence-electron chi connectivity index (χ4n) is 4.25. The number of fused-ring (bicyclic) bond motifs is 1. The van der Waals surface area contributed by atoms with Gasteiger partial charge in [0.1, 0.15) is 16.2 Å². The number of carboxylic acid groups (broad SMARTS) is 1. The largest absolute Gasteiger partial charge is 0.477 e. The number of benzene rings is 2. The number of carbonyl (C=O) groups is 1. The maximum Gasteiger partial charge on any atom is 0.348 e. The fraction of sp³-hybridized carbons (Fsp3) is 0.231. The molecule has 0 saturated carbocycles. The molecule has 0 saturated heterocycles. The third kappa shape index (κ3) is 3.71. The van der Waals surface area contributed by atoms with Crippen molar-refractivity contribution in [1.29, 1.82) is 0 Å². The monoisotopic (exact) mass is 447 g/mol. The van der Waals surface area contributed by atoms with Gasteiger partial charge >= 0.3 is 5.97 Å². The normalized spacial score (nSPS) is 12.1. The van der Waals surface area contributed by atoms with E-state index in [1.165, 1.54) is 11.3 Å². The van der Waals surface area contributed by atoms with E-state index in [2.05, 4.69) is 0 Å². The van der Waals surface area contributed by atoms with Gasteiger partial charge < -0.3 is 14.4 Å². The second kappa shape index (κ2) is 8.63. The lowest BCUT2D eigenvalue weighted by Crippen LogP contribution is -2.28. The lowest BCUT2D eigenvalue weighted by molar-refractivity contribution is 0.0702. The van der Waals surface area contributed by atoms with Gasteiger partial charge in [-0.2, -0.15) is 0 Å². The molecule has 1 N–H and O–H groups in total. The van der Waals surface area contributed by atoms with Crippen LogP contribution in [0.4, 0.5) is 5.69 Å². The SMILES string of the molecule is CCN(c1ccsc1C(=O)O)[C@H](C)c1cc(C)cc2c(=O)c(C)c(-c3ccccc3)oc12. The topological polar surface area (TPSA) is 70.8 Å². The van der Waals surface area contributed by atoms with Gasteiger partial charge in [0, 0.05) is 23.2 Å². The lowest BCUT2D eigenvalue weighted by Gasteiger charge is -2.31. The second-order valence-electron chi connectivity index (χ2n) is 7.88. The molecule has 4 aromatic rings. The molecular formula is C26H25NO4S. The minimum Gasteiger partial charge on any atom is -0.477 e. The Hall–Kier alpha value is -3.38. The van der Waals surface area contributed by atoms with Crippen LogP contribution in [0, 0.1) is 13.8 Å². The zero-order valence-electron chi connectivity index (χ0n) is 18.5. The first-order chi connectivity index (χ1) is 15.3. The van der Waals surface area contributed by atoms with Gasteiger partial charge in [0.25, 0.3) is 0 Å². The molecule has 5 nitrogen and oxygen atoms in total. The molecule has 0 unspecified atom stereocenters. The van der Waals surface area contributed by atoms with E-state index in [-0.39, 0.29) is 11.5 Å². The zero-order valence-corrected chi connectivity index (χ0v) is 19.3. The van der Waals surface area contributed by atoms with E-state index in [1.54, 1.807) is 12.3 Å². The molecule has 0 aliphatic carbocycles. The summed E-state index contributed by atoms with van der Waals surface area (Å²) in [7, 11) is 0. The number of anilines is 1. The standard InChI is InChI=1S/C26H25NO4S/c1-5-27(21-11-12-32-25(21)26(29)30)17(4)19-13-15(2)14-20-22(28)16(3)23(31-24(19)20)18-9-7-6-8-10-18/h6-14,17H,5H2,1-4H3,(H,29,30)/t17-/m1/s1. The van der Waals surface area contributed by atoms with Crippen LogP contribution in [0.5, 0.6) is 0 Å². The van der Waals surface area contributed by atoms with Crippen LogP contribution in [0.25, 0.3) is 22.3 Å². The number of carboxylic acids is 1. The maximum atomic E-state index is 13.3. The Morgan fingerprint density at radius 2 is 1.88 bits per heavy atom. The predicted octanol–water partition coefficient (Wildman–Crippen LogP) is 6.42. The molecule has 0 bridgehead atoms. The Morgan fingerprint density at radius 3 is 2.53 bits per heavy atom. The minimum absolute atomic E-state index is 0.0490. The number of nitrogens with zero attached hydrogens (tertiary/aromatic N) is 1. The van der Waals surface area contributed by atoms with E-state index in [0.717, 1.165) is 16.7 Å². The van der Waals surface area contributed by atoms with E-state index in [1.807, 2.05) is 74.2 Å². The maximum absolute atomic E-state index is 13.3. The molecule has 0 spiro atoms. The minimum atomic E-state index is -0.941. The summed E-state index contributed by atoms with van der Waals surface area (Å²) in [6.45, 7) is 8.37. The van der Waals surface area contributed by atoms with Crippen LogP contribution in [0.15, 0.2) is 63.1 Å². The van der Waals surface area contributed by atoms with E-state index in [0.29, 0.717) is 39.4 Å². The molecule has 0 radical (unpaired) electrons. The van der Waals surface area contributed by atoms with E-state index < -0.39 is 5.97 Å². The Morgan fingerprint density at radius 1 is 1.16 bits per heavy atom. The van der Waals surface area contributed by atoms with Gasteiger partial charge in [0.05, 0.1) is 17.1 Å². The number of aromatic carboxylic acids is 1. The molecule has 2 aromatic heterocycles. The summed E-state index contributed by atoms with van der Waals surface area (Å²) < 4.78 is 6.42. The molecule has 4 rings (SSSR count). The highest BCUT2D eigenvalue weighted by molar-refractivity contribution is 7.12. The Kier molecular flexibility index (Phi) is 5.89. The molecule has 2 aromatic carbocycles. The molecule has 0 fully saturated rings. The van der Waals surface area contributed by atoms with Gasteiger partial charge in [-0.3, -0.25) is 4.79 Å². The summed E-state index contributed by atoms with van der Waals surface area (Å²) in [6, 6.07) is 15.1. The number of hydrogen-bond acceptors (Lipinski definition) is 5. The van der Waals surface area contributed by atoms with Crippen molar-refractivity contribution < 1.29 is 14.3 Å². The molecule has 32 heavy (non-hydrogen) atoms. The van der Waals surface area contributed by atoms with Gasteiger partial charge in [-0.1, -0.05) is 36.4 Å². The zero-order chi connectivity index (χ0) is 23.0. The van der Waals surface area contributed by atoms with Crippen LogP contribution in [-0.2, 0) is 0 Å². The molecule has 0 amide bonds. The van der Waals surface area contributed by atoms with Crippen molar-refractivity contribution in [2.45, 2.75) is 33.7 Å². The number of rotatable bonds is 6. The molecule has 164 valence electrons. The lowest BCUT2D eigenvalue weighted by atomic mass is 9.98. The third-order valence-corrected chi connectivity index (χ3v) is 6.73. The van der Waals surface area contributed by atoms with E-state index in [4.69, 9.17) is 4.42 Å². The third-order valence-electron chi connectivity index (χ3n) is 5.83. The van der Waals surface area contributed by atoms with E-state index in [9.17, 15) is 14.7 Å². The summed E-state index contributed by atoms with van der Waals surface area (Å²) in [5.41, 5.74) is 4.41. The van der Waals surface area contributed by atoms with Crippen molar-refractivity contribution in [2.24, 2.45) is 0 Å². The smallest absolute Gasteiger partial charge is 0.348 e. The highest BCUT2D eigenvalue weighted by Gasteiger charge is 2.25. The van der Waals surface area contributed by atoms with Crippen molar-refractivity contribution in [3.63, 3.8) is 0 Å². The molecular weight excluding hydrogens is 422 g/mol. The average Bonchev–Trinajstić information content (AvgIpc) is 3.27. The second-order valence-corrected chi connectivity index (χ2v) is 8.80. The van der Waals surface area contributed by atoms with Gasteiger partial charge in [0.15, 0.2) is 5.43 Å². The Bertz CT molecular complexity index is 1350. The summed E-state index contributed by atoms with van der Waals surface area (Å²) in [6.07, 6.45) is 0. The predicted molar refractivity (Wildman–Crippen MR) is 130 cm³/mol. The first kappa shape index (κ1) is 21.8. The highest BCUT2D eigenvalue weighted by atomic mass is 32.1. The van der Waals surface area contributed by atoms with Crippen LogP contribution >= 0.6 is 11.3 Å². The Labute approximate surface area is 190 Å². The van der Waals surface area contributed by atoms with Gasteiger partial charge in [0.2, 0.25) is 0 Å². The van der Waals surface area contributed by atoms with Crippen LogP contribution < -0.4 is 10.3 Å². The number of aryl methyl sites for hydroxylation is 1. The Balaban J connectivity index is 1.95. The molecule has 0 aliphatic heterocycles. The van der Waals surface area contributed by atoms with Gasteiger partial charge in [-0.25, -0.2) is 4.79 Å². The molecule has 6 heteroatoms. The van der Waals surface area contributed by atoms with Crippen LogP contribution in [0.3, 0.4) is 0 Å². The number of hydrogen-bond donors (Lipinski definition) is 1. The first-order valence-electron chi connectivity index (χ1n) is 10.5. The van der Waals surface area contributed by atoms with Gasteiger partial charge in [-0.05, 0) is 50.8 Å². The van der Waals surface area contributed by atoms with Gasteiger partial charge in [-0.15, -0.1) is 11.3 Å².